The molecule has 5 rings (SSSR count). The lowest BCUT2D eigenvalue weighted by Crippen LogP contribution is -2.32. The van der Waals surface area contributed by atoms with Crippen LogP contribution in [0.3, 0.4) is 0 Å². The molecule has 1 aliphatic carbocycles. The van der Waals surface area contributed by atoms with E-state index in [4.69, 9.17) is 9.97 Å². The highest BCUT2D eigenvalue weighted by Gasteiger charge is 2.24. The van der Waals surface area contributed by atoms with Gasteiger partial charge < -0.3 is 10.2 Å². The van der Waals surface area contributed by atoms with E-state index in [1.54, 1.807) is 18.3 Å². The monoisotopic (exact) mass is 504 g/mol. The topological polar surface area (TPSA) is 100 Å². The van der Waals surface area contributed by atoms with Crippen LogP contribution in [-0.4, -0.2) is 50.6 Å². The van der Waals surface area contributed by atoms with E-state index in [2.05, 4.69) is 15.0 Å². The van der Waals surface area contributed by atoms with Crippen molar-refractivity contribution in [3.63, 3.8) is 0 Å². The van der Waals surface area contributed by atoms with E-state index in [1.165, 1.54) is 0 Å². The van der Waals surface area contributed by atoms with Crippen LogP contribution in [0.5, 0.6) is 0 Å². The fourth-order valence-corrected chi connectivity index (χ4v) is 6.25. The molecule has 4 aromatic rings. The number of rotatable bonds is 8. The Labute approximate surface area is 212 Å². The largest absolute Gasteiger partial charge is 0.362 e. The van der Waals surface area contributed by atoms with Crippen molar-refractivity contribution in [1.82, 2.24) is 19.7 Å². The van der Waals surface area contributed by atoms with Crippen LogP contribution in [0.15, 0.2) is 65.7 Å². The maximum atomic E-state index is 13.0. The molecule has 0 saturated heterocycles. The molecule has 2 N–H and O–H groups in total. The first kappa shape index (κ1) is 24.4. The number of benzene rings is 2. The summed E-state index contributed by atoms with van der Waals surface area (Å²) in [4.78, 5) is 16.0. The Morgan fingerprint density at radius 2 is 1.61 bits per heavy atom. The van der Waals surface area contributed by atoms with Gasteiger partial charge in [-0.2, -0.15) is 4.98 Å². The summed E-state index contributed by atoms with van der Waals surface area (Å²) in [6, 6.07) is 17.0. The zero-order chi connectivity index (χ0) is 25.1. The van der Waals surface area contributed by atoms with E-state index in [0.717, 1.165) is 54.3 Å². The van der Waals surface area contributed by atoms with E-state index < -0.39 is 10.0 Å². The van der Waals surface area contributed by atoms with E-state index >= 15 is 0 Å². The number of sulfonamides is 1. The van der Waals surface area contributed by atoms with Crippen molar-refractivity contribution in [2.45, 2.75) is 30.6 Å². The van der Waals surface area contributed by atoms with Gasteiger partial charge in [-0.3, -0.25) is 4.98 Å². The minimum atomic E-state index is -3.62. The summed E-state index contributed by atoms with van der Waals surface area (Å²) >= 11 is 0. The quantitative estimate of drug-likeness (QED) is 0.366. The van der Waals surface area contributed by atoms with Crippen LogP contribution >= 0.6 is 0 Å². The summed E-state index contributed by atoms with van der Waals surface area (Å²) in [7, 11) is 0.361. The Morgan fingerprint density at radius 3 is 2.39 bits per heavy atom. The summed E-state index contributed by atoms with van der Waals surface area (Å²) in [6.07, 6.45) is 5.70. The lowest BCUT2D eigenvalue weighted by atomic mass is 9.82. The number of anilines is 2. The van der Waals surface area contributed by atoms with Gasteiger partial charge in [-0.05, 0) is 61.8 Å². The Balaban J connectivity index is 1.15. The van der Waals surface area contributed by atoms with E-state index in [9.17, 15) is 8.42 Å². The fourth-order valence-electron chi connectivity index (χ4n) is 4.95. The van der Waals surface area contributed by atoms with Gasteiger partial charge in [-0.25, -0.2) is 18.1 Å². The molecule has 188 valence electrons. The Hall–Kier alpha value is -3.30. The fraction of sp³-hybridized carbons (Fsp3) is 0.370. The molecule has 1 aliphatic rings. The summed E-state index contributed by atoms with van der Waals surface area (Å²) in [6.45, 7) is 1.26. The van der Waals surface area contributed by atoms with Crippen molar-refractivity contribution >= 4 is 43.6 Å². The van der Waals surface area contributed by atoms with Crippen molar-refractivity contribution in [2.24, 2.45) is 11.8 Å². The van der Waals surface area contributed by atoms with Gasteiger partial charge in [0.2, 0.25) is 16.0 Å². The highest BCUT2D eigenvalue weighted by Crippen LogP contribution is 2.30. The summed E-state index contributed by atoms with van der Waals surface area (Å²) in [5, 5.41) is 5.30. The molecule has 0 bridgehead atoms. The summed E-state index contributed by atoms with van der Waals surface area (Å²) < 4.78 is 28.8. The average Bonchev–Trinajstić information content (AvgIpc) is 2.90. The number of aromatic nitrogens is 3. The summed E-state index contributed by atoms with van der Waals surface area (Å²) in [5.41, 5.74) is 1.44. The third-order valence-electron chi connectivity index (χ3n) is 6.97. The first-order valence-corrected chi connectivity index (χ1v) is 13.9. The highest BCUT2D eigenvalue weighted by atomic mass is 32.2. The second-order valence-electron chi connectivity index (χ2n) is 9.73. The van der Waals surface area contributed by atoms with Crippen molar-refractivity contribution in [3.05, 3.63) is 60.8 Å². The minimum absolute atomic E-state index is 0.242. The standard InChI is InChI=1S/C27H32N6O2S/c1-33(2)26-22-9-3-4-10-23(22)31-27(32-26)29-17-19-12-14-20(15-13-19)18-30-36(34,35)24-11-5-7-21-8-6-16-28-25(21)24/h3-11,16,19-20,30H,12-15,17-18H2,1-2H3,(H,29,31,32)/t19-,20-. The first-order chi connectivity index (χ1) is 17.4. The van der Waals surface area contributed by atoms with Gasteiger partial charge in [0.05, 0.1) is 11.0 Å². The molecule has 0 atom stereocenters. The molecular weight excluding hydrogens is 472 g/mol. The third-order valence-corrected chi connectivity index (χ3v) is 8.42. The Morgan fingerprint density at radius 1 is 0.889 bits per heavy atom. The molecule has 2 aromatic carbocycles. The molecule has 9 heteroatoms. The van der Waals surface area contributed by atoms with Gasteiger partial charge in [-0.1, -0.05) is 30.3 Å². The smallest absolute Gasteiger partial charge is 0.242 e. The molecule has 1 fully saturated rings. The molecule has 2 heterocycles. The number of hydrogen-bond donors (Lipinski definition) is 2. The zero-order valence-electron chi connectivity index (χ0n) is 20.7. The maximum Gasteiger partial charge on any atom is 0.242 e. The molecule has 1 saturated carbocycles. The number of fused-ring (bicyclic) bond motifs is 2. The van der Waals surface area contributed by atoms with Gasteiger partial charge in [0.25, 0.3) is 0 Å². The van der Waals surface area contributed by atoms with Crippen LogP contribution < -0.4 is 14.9 Å². The maximum absolute atomic E-state index is 13.0. The molecule has 0 amide bonds. The van der Waals surface area contributed by atoms with Gasteiger partial charge in [0.1, 0.15) is 10.7 Å². The number of nitrogens with one attached hydrogen (secondary N) is 2. The molecule has 36 heavy (non-hydrogen) atoms. The van der Waals surface area contributed by atoms with Crippen molar-refractivity contribution in [3.8, 4) is 0 Å². The van der Waals surface area contributed by atoms with Crippen LogP contribution in [0, 0.1) is 11.8 Å². The summed E-state index contributed by atoms with van der Waals surface area (Å²) in [5.74, 6) is 2.39. The van der Waals surface area contributed by atoms with Crippen LogP contribution in [0.4, 0.5) is 11.8 Å². The van der Waals surface area contributed by atoms with Crippen LogP contribution in [0.2, 0.25) is 0 Å². The first-order valence-electron chi connectivity index (χ1n) is 12.4. The Bertz CT molecular complexity index is 1460. The normalized spacial score (nSPS) is 18.4. The van der Waals surface area contributed by atoms with Gasteiger partial charge in [0.15, 0.2) is 0 Å². The minimum Gasteiger partial charge on any atom is -0.362 e. The average molecular weight is 505 g/mol. The predicted octanol–water partition coefficient (Wildman–Crippen LogP) is 4.44. The zero-order valence-corrected chi connectivity index (χ0v) is 21.5. The number of pyridine rings is 1. The van der Waals surface area contributed by atoms with Gasteiger partial charge in [-0.15, -0.1) is 0 Å². The van der Waals surface area contributed by atoms with Crippen molar-refractivity contribution in [2.75, 3.05) is 37.4 Å². The predicted molar refractivity (Wildman–Crippen MR) is 145 cm³/mol. The third kappa shape index (κ3) is 5.27. The van der Waals surface area contributed by atoms with E-state index in [-0.39, 0.29) is 4.90 Å². The number of para-hydroxylation sites is 2. The van der Waals surface area contributed by atoms with Crippen LogP contribution in [0.25, 0.3) is 21.8 Å². The lowest BCUT2D eigenvalue weighted by molar-refractivity contribution is 0.284. The second kappa shape index (κ2) is 10.4. The van der Waals surface area contributed by atoms with Crippen LogP contribution in [0.1, 0.15) is 25.7 Å². The van der Waals surface area contributed by atoms with Crippen molar-refractivity contribution in [1.29, 1.82) is 0 Å². The molecular formula is C27H32N6O2S. The Kier molecular flexibility index (Phi) is 7.02. The molecule has 0 unspecified atom stereocenters. The van der Waals surface area contributed by atoms with Crippen molar-refractivity contribution < 1.29 is 8.42 Å². The second-order valence-corrected chi connectivity index (χ2v) is 11.5. The molecule has 8 nitrogen and oxygen atoms in total. The molecule has 0 radical (unpaired) electrons. The number of hydrogen-bond acceptors (Lipinski definition) is 7. The SMILES string of the molecule is CN(C)c1nc(NC[C@H]2CC[C@H](CNS(=O)(=O)c3cccc4cccnc34)CC2)nc2ccccc12. The molecule has 0 spiro atoms. The van der Waals surface area contributed by atoms with E-state index in [0.29, 0.717) is 29.8 Å². The highest BCUT2D eigenvalue weighted by molar-refractivity contribution is 7.89. The molecule has 0 aliphatic heterocycles. The van der Waals surface area contributed by atoms with Gasteiger partial charge in [0, 0.05) is 44.2 Å². The van der Waals surface area contributed by atoms with E-state index in [1.807, 2.05) is 61.5 Å². The van der Waals surface area contributed by atoms with Gasteiger partial charge >= 0.3 is 0 Å². The lowest BCUT2D eigenvalue weighted by Gasteiger charge is -2.29. The molecule has 2 aromatic heterocycles. The number of nitrogens with zero attached hydrogens (tertiary/aromatic N) is 4. The van der Waals surface area contributed by atoms with Crippen LogP contribution in [-0.2, 0) is 10.0 Å².